The molecule has 164 valence electrons. The first-order valence-corrected chi connectivity index (χ1v) is 11.0. The maximum Gasteiger partial charge on any atom is 0.137 e. The molecule has 1 heterocycles. The molecule has 0 aliphatic heterocycles. The van der Waals surface area contributed by atoms with Crippen molar-refractivity contribution >= 4 is 22.5 Å². The Balaban J connectivity index is 1.89. The summed E-state index contributed by atoms with van der Waals surface area (Å²) >= 11 is 6.71. The van der Waals surface area contributed by atoms with Crippen LogP contribution in [-0.4, -0.2) is 30.5 Å². The van der Waals surface area contributed by atoms with Crippen LogP contribution >= 0.6 is 11.6 Å². The summed E-state index contributed by atoms with van der Waals surface area (Å²) in [5.74, 6) is -1.21. The number of halogens is 3. The first-order chi connectivity index (χ1) is 15.4. The minimum Gasteiger partial charge on any atom is -0.309 e. The Hall–Kier alpha value is -2.82. The van der Waals surface area contributed by atoms with Gasteiger partial charge in [0.2, 0.25) is 0 Å². The Morgan fingerprint density at radius 3 is 2.25 bits per heavy atom. The molecule has 4 aromatic rings. The van der Waals surface area contributed by atoms with Crippen LogP contribution in [0.25, 0.3) is 22.0 Å². The quantitative estimate of drug-likeness (QED) is 0.279. The molecule has 0 amide bonds. The van der Waals surface area contributed by atoms with E-state index >= 15 is 0 Å². The van der Waals surface area contributed by atoms with Gasteiger partial charge in [0.05, 0.1) is 5.52 Å². The number of nitrogens with zero attached hydrogens (tertiary/aromatic N) is 2. The summed E-state index contributed by atoms with van der Waals surface area (Å²) in [7, 11) is 3.99. The van der Waals surface area contributed by atoms with E-state index in [2.05, 4.69) is 9.88 Å². The minimum absolute atomic E-state index is 0.0908. The van der Waals surface area contributed by atoms with Crippen molar-refractivity contribution < 1.29 is 8.78 Å². The second-order valence-electron chi connectivity index (χ2n) is 8.34. The third-order valence-electron chi connectivity index (χ3n) is 5.75. The van der Waals surface area contributed by atoms with Crippen molar-refractivity contribution in [2.75, 3.05) is 20.6 Å². The zero-order chi connectivity index (χ0) is 22.7. The molecule has 1 aromatic heterocycles. The number of pyridine rings is 1. The van der Waals surface area contributed by atoms with Crippen molar-refractivity contribution in [1.29, 1.82) is 0 Å². The second-order valence-corrected chi connectivity index (χ2v) is 8.69. The highest BCUT2D eigenvalue weighted by Gasteiger charge is 2.21. The van der Waals surface area contributed by atoms with E-state index < -0.39 is 11.6 Å². The van der Waals surface area contributed by atoms with Crippen LogP contribution in [0.15, 0.2) is 72.8 Å². The fourth-order valence-electron chi connectivity index (χ4n) is 4.22. The van der Waals surface area contributed by atoms with Gasteiger partial charge in [-0.3, -0.25) is 0 Å². The smallest absolute Gasteiger partial charge is 0.137 e. The lowest BCUT2D eigenvalue weighted by atomic mass is 9.85. The maximum absolute atomic E-state index is 14.1. The molecule has 0 bridgehead atoms. The summed E-state index contributed by atoms with van der Waals surface area (Å²) in [5.41, 5.74) is 4.35. The number of rotatable bonds is 7. The topological polar surface area (TPSA) is 16.1 Å². The summed E-state index contributed by atoms with van der Waals surface area (Å²) in [4.78, 5) is 6.71. The van der Waals surface area contributed by atoms with Gasteiger partial charge < -0.3 is 4.90 Å². The molecule has 0 aliphatic rings. The van der Waals surface area contributed by atoms with Gasteiger partial charge in [-0.25, -0.2) is 13.8 Å². The SMILES string of the molecule is CN(C)CCC(Cc1c(-c2ccccc2)c(Cl)nc2ccccc12)c1cc(F)cc(F)c1. The zero-order valence-corrected chi connectivity index (χ0v) is 18.9. The average molecular weight is 451 g/mol. The van der Waals surface area contributed by atoms with E-state index in [1.807, 2.05) is 68.7 Å². The lowest BCUT2D eigenvalue weighted by molar-refractivity contribution is 0.379. The Bertz CT molecular complexity index is 1200. The van der Waals surface area contributed by atoms with E-state index in [4.69, 9.17) is 11.6 Å². The minimum atomic E-state index is -0.559. The molecule has 3 aromatic carbocycles. The van der Waals surface area contributed by atoms with E-state index in [9.17, 15) is 8.78 Å². The van der Waals surface area contributed by atoms with Crippen LogP contribution in [0.2, 0.25) is 5.15 Å². The summed E-state index contributed by atoms with van der Waals surface area (Å²) in [6.45, 7) is 0.792. The number of benzene rings is 3. The highest BCUT2D eigenvalue weighted by atomic mass is 35.5. The van der Waals surface area contributed by atoms with Crippen molar-refractivity contribution in [1.82, 2.24) is 9.88 Å². The molecule has 0 radical (unpaired) electrons. The molecule has 1 unspecified atom stereocenters. The molecule has 0 spiro atoms. The van der Waals surface area contributed by atoms with Gasteiger partial charge in [-0.05, 0) is 74.3 Å². The van der Waals surface area contributed by atoms with Crippen LogP contribution in [-0.2, 0) is 6.42 Å². The number of para-hydroxylation sites is 1. The molecule has 1 atom stereocenters. The highest BCUT2D eigenvalue weighted by molar-refractivity contribution is 6.33. The van der Waals surface area contributed by atoms with Gasteiger partial charge in [0.1, 0.15) is 16.8 Å². The predicted molar refractivity (Wildman–Crippen MR) is 128 cm³/mol. The van der Waals surface area contributed by atoms with Gasteiger partial charge in [0.15, 0.2) is 0 Å². The first kappa shape index (κ1) is 22.4. The van der Waals surface area contributed by atoms with Crippen LogP contribution in [0.4, 0.5) is 8.78 Å². The van der Waals surface area contributed by atoms with Crippen molar-refractivity contribution in [2.24, 2.45) is 0 Å². The third-order valence-corrected chi connectivity index (χ3v) is 6.02. The molecule has 0 fully saturated rings. The van der Waals surface area contributed by atoms with Crippen molar-refractivity contribution in [3.8, 4) is 11.1 Å². The number of hydrogen-bond donors (Lipinski definition) is 0. The van der Waals surface area contributed by atoms with Gasteiger partial charge in [-0.1, -0.05) is 60.1 Å². The van der Waals surface area contributed by atoms with Gasteiger partial charge in [0, 0.05) is 17.0 Å². The standard InChI is InChI=1S/C27H25ClF2N2/c1-32(2)13-12-19(20-14-21(29)17-22(30)15-20)16-24-23-10-6-7-11-25(23)31-27(28)26(24)18-8-4-3-5-9-18/h3-11,14-15,17,19H,12-13,16H2,1-2H3. The third kappa shape index (κ3) is 4.98. The molecule has 0 N–H and O–H groups in total. The van der Waals surface area contributed by atoms with Gasteiger partial charge in [-0.15, -0.1) is 0 Å². The Morgan fingerprint density at radius 1 is 0.906 bits per heavy atom. The molecule has 5 heteroatoms. The monoisotopic (exact) mass is 450 g/mol. The maximum atomic E-state index is 14.1. The molecule has 0 saturated heterocycles. The van der Waals surface area contributed by atoms with Gasteiger partial charge in [0.25, 0.3) is 0 Å². The molecule has 0 saturated carbocycles. The molecular formula is C27H25ClF2N2. The van der Waals surface area contributed by atoms with Gasteiger partial charge >= 0.3 is 0 Å². The summed E-state index contributed by atoms with van der Waals surface area (Å²) in [6, 6.07) is 21.6. The predicted octanol–water partition coefficient (Wildman–Crippen LogP) is 7.11. The fourth-order valence-corrected chi connectivity index (χ4v) is 4.53. The van der Waals surface area contributed by atoms with E-state index in [-0.39, 0.29) is 5.92 Å². The Labute approximate surface area is 192 Å². The molecule has 4 rings (SSSR count). The van der Waals surface area contributed by atoms with Crippen LogP contribution in [0.5, 0.6) is 0 Å². The lowest BCUT2D eigenvalue weighted by Gasteiger charge is -2.23. The first-order valence-electron chi connectivity index (χ1n) is 10.7. The number of hydrogen-bond acceptors (Lipinski definition) is 2. The highest BCUT2D eigenvalue weighted by Crippen LogP contribution is 2.38. The van der Waals surface area contributed by atoms with Gasteiger partial charge in [-0.2, -0.15) is 0 Å². The Kier molecular flexibility index (Phi) is 6.83. The zero-order valence-electron chi connectivity index (χ0n) is 18.2. The molecule has 0 aliphatic carbocycles. The molecular weight excluding hydrogens is 426 g/mol. The van der Waals surface area contributed by atoms with E-state index in [0.29, 0.717) is 17.1 Å². The number of aromatic nitrogens is 1. The normalized spacial score (nSPS) is 12.4. The Morgan fingerprint density at radius 2 is 1.56 bits per heavy atom. The lowest BCUT2D eigenvalue weighted by Crippen LogP contribution is -2.17. The van der Waals surface area contributed by atoms with E-state index in [0.717, 1.165) is 46.6 Å². The summed E-state index contributed by atoms with van der Waals surface area (Å²) in [6.07, 6.45) is 1.34. The van der Waals surface area contributed by atoms with Crippen LogP contribution in [0.1, 0.15) is 23.5 Å². The van der Waals surface area contributed by atoms with Crippen molar-refractivity contribution in [3.05, 3.63) is 101 Å². The van der Waals surface area contributed by atoms with Crippen molar-refractivity contribution in [3.63, 3.8) is 0 Å². The van der Waals surface area contributed by atoms with Crippen LogP contribution in [0.3, 0.4) is 0 Å². The van der Waals surface area contributed by atoms with Crippen molar-refractivity contribution in [2.45, 2.75) is 18.8 Å². The second kappa shape index (κ2) is 9.76. The number of fused-ring (bicyclic) bond motifs is 1. The largest absolute Gasteiger partial charge is 0.309 e. The van der Waals surface area contributed by atoms with Crippen LogP contribution < -0.4 is 0 Å². The molecule has 32 heavy (non-hydrogen) atoms. The van der Waals surface area contributed by atoms with Crippen LogP contribution in [0, 0.1) is 11.6 Å². The van der Waals surface area contributed by atoms with E-state index in [1.54, 1.807) is 0 Å². The fraction of sp³-hybridized carbons (Fsp3) is 0.222. The summed E-state index contributed by atoms with van der Waals surface area (Å²) in [5, 5.41) is 1.43. The van der Waals surface area contributed by atoms with E-state index in [1.165, 1.54) is 12.1 Å². The summed E-state index contributed by atoms with van der Waals surface area (Å²) < 4.78 is 28.2. The molecule has 2 nitrogen and oxygen atoms in total. The average Bonchev–Trinajstić information content (AvgIpc) is 2.76.